The molecule has 8 heteroatoms. The van der Waals surface area contributed by atoms with Gasteiger partial charge >= 0.3 is 0 Å². The minimum absolute atomic E-state index is 0.0428. The molecule has 0 spiro atoms. The van der Waals surface area contributed by atoms with Crippen molar-refractivity contribution in [3.63, 3.8) is 0 Å². The number of anilines is 1. The smallest absolute Gasteiger partial charge is 0.187 e. The molecule has 0 aliphatic carbocycles. The van der Waals surface area contributed by atoms with E-state index in [1.54, 1.807) is 18.2 Å². The standard InChI is InChI=1S/C13H8BrClFN5/c14-9-3-1-7(5-12(9)17)13-18-19-20-21(13)8-2-4-10(15)11(16)6-8/h1-6H,17H2. The van der Waals surface area contributed by atoms with Crippen molar-refractivity contribution in [3.05, 3.63) is 51.7 Å². The largest absolute Gasteiger partial charge is 0.398 e. The second kappa shape index (κ2) is 5.42. The van der Waals surface area contributed by atoms with Gasteiger partial charge in [0, 0.05) is 21.8 Å². The van der Waals surface area contributed by atoms with Crippen LogP contribution in [0.4, 0.5) is 10.1 Å². The number of halogens is 3. The molecule has 0 atom stereocenters. The number of aromatic nitrogens is 4. The van der Waals surface area contributed by atoms with Gasteiger partial charge in [-0.2, -0.15) is 4.68 Å². The quantitative estimate of drug-likeness (QED) is 0.703. The summed E-state index contributed by atoms with van der Waals surface area (Å²) >= 11 is 9.01. The minimum Gasteiger partial charge on any atom is -0.398 e. The lowest BCUT2D eigenvalue weighted by atomic mass is 10.2. The molecule has 0 radical (unpaired) electrons. The summed E-state index contributed by atoms with van der Waals surface area (Å²) in [6.45, 7) is 0. The fourth-order valence-electron chi connectivity index (χ4n) is 1.84. The third-order valence-corrected chi connectivity index (χ3v) is 3.90. The highest BCUT2D eigenvalue weighted by Crippen LogP contribution is 2.27. The first-order valence-electron chi connectivity index (χ1n) is 5.85. The van der Waals surface area contributed by atoms with Crippen LogP contribution in [-0.4, -0.2) is 20.2 Å². The molecule has 0 aliphatic rings. The van der Waals surface area contributed by atoms with Crippen LogP contribution in [0.5, 0.6) is 0 Å². The molecular weight excluding hydrogens is 361 g/mol. The number of hydrogen-bond donors (Lipinski definition) is 1. The van der Waals surface area contributed by atoms with Gasteiger partial charge in [0.05, 0.1) is 10.7 Å². The van der Waals surface area contributed by atoms with Crippen LogP contribution in [0.2, 0.25) is 5.02 Å². The fraction of sp³-hybridized carbons (Fsp3) is 0. The van der Waals surface area contributed by atoms with Crippen molar-refractivity contribution in [2.45, 2.75) is 0 Å². The van der Waals surface area contributed by atoms with Crippen LogP contribution in [0.15, 0.2) is 40.9 Å². The van der Waals surface area contributed by atoms with Crippen molar-refractivity contribution < 1.29 is 4.39 Å². The van der Waals surface area contributed by atoms with E-state index in [1.165, 1.54) is 16.8 Å². The number of nitrogens with zero attached hydrogens (tertiary/aromatic N) is 4. The molecule has 3 rings (SSSR count). The van der Waals surface area contributed by atoms with Gasteiger partial charge in [-0.3, -0.25) is 0 Å². The van der Waals surface area contributed by atoms with E-state index < -0.39 is 5.82 Å². The maximum Gasteiger partial charge on any atom is 0.187 e. The molecule has 3 aromatic rings. The molecule has 2 aromatic carbocycles. The van der Waals surface area contributed by atoms with Gasteiger partial charge in [0.25, 0.3) is 0 Å². The van der Waals surface area contributed by atoms with E-state index in [1.807, 2.05) is 6.07 Å². The van der Waals surface area contributed by atoms with E-state index >= 15 is 0 Å². The molecule has 0 fully saturated rings. The topological polar surface area (TPSA) is 69.6 Å². The minimum atomic E-state index is -0.536. The molecule has 0 aliphatic heterocycles. The average Bonchev–Trinajstić information content (AvgIpc) is 2.94. The predicted molar refractivity (Wildman–Crippen MR) is 81.7 cm³/mol. The van der Waals surface area contributed by atoms with Crippen molar-refractivity contribution >= 4 is 33.2 Å². The summed E-state index contributed by atoms with van der Waals surface area (Å²) in [4.78, 5) is 0. The van der Waals surface area contributed by atoms with E-state index in [0.717, 1.165) is 10.0 Å². The Bertz CT molecular complexity index is 754. The third-order valence-electron chi connectivity index (χ3n) is 2.87. The first-order chi connectivity index (χ1) is 10.1. The molecule has 0 amide bonds. The van der Waals surface area contributed by atoms with Crippen LogP contribution in [0.1, 0.15) is 0 Å². The number of hydrogen-bond acceptors (Lipinski definition) is 4. The van der Waals surface area contributed by atoms with Crippen LogP contribution in [0.3, 0.4) is 0 Å². The van der Waals surface area contributed by atoms with Gasteiger partial charge in [-0.05, 0) is 56.7 Å². The average molecular weight is 369 g/mol. The van der Waals surface area contributed by atoms with E-state index in [-0.39, 0.29) is 5.02 Å². The zero-order valence-corrected chi connectivity index (χ0v) is 12.8. The monoisotopic (exact) mass is 367 g/mol. The summed E-state index contributed by atoms with van der Waals surface area (Å²) in [7, 11) is 0. The summed E-state index contributed by atoms with van der Waals surface area (Å²) in [6, 6.07) is 9.70. The summed E-state index contributed by atoms with van der Waals surface area (Å²) in [5, 5.41) is 11.5. The number of nitrogen functional groups attached to an aromatic ring is 1. The highest BCUT2D eigenvalue weighted by Gasteiger charge is 2.13. The number of rotatable bonds is 2. The lowest BCUT2D eigenvalue weighted by molar-refractivity contribution is 0.625. The summed E-state index contributed by atoms with van der Waals surface area (Å²) in [5.74, 6) is -0.0816. The van der Waals surface area contributed by atoms with Gasteiger partial charge < -0.3 is 5.73 Å². The third kappa shape index (κ3) is 2.62. The normalized spacial score (nSPS) is 10.8. The SMILES string of the molecule is Nc1cc(-c2nnnn2-c2ccc(Cl)c(F)c2)ccc1Br. The molecular formula is C13H8BrClFN5. The van der Waals surface area contributed by atoms with Gasteiger partial charge in [-0.15, -0.1) is 5.10 Å². The van der Waals surface area contributed by atoms with Crippen LogP contribution < -0.4 is 5.73 Å². The maximum atomic E-state index is 13.6. The maximum absolute atomic E-state index is 13.6. The second-order valence-corrected chi connectivity index (χ2v) is 5.51. The molecule has 1 heterocycles. The molecule has 5 nitrogen and oxygen atoms in total. The highest BCUT2D eigenvalue weighted by atomic mass is 79.9. The predicted octanol–water partition coefficient (Wildman–Crippen LogP) is 3.47. The Balaban J connectivity index is 2.12. The lowest BCUT2D eigenvalue weighted by Crippen LogP contribution is -2.01. The van der Waals surface area contributed by atoms with E-state index in [4.69, 9.17) is 17.3 Å². The van der Waals surface area contributed by atoms with Crippen LogP contribution in [0.25, 0.3) is 17.1 Å². The van der Waals surface area contributed by atoms with Crippen LogP contribution in [-0.2, 0) is 0 Å². The zero-order valence-electron chi connectivity index (χ0n) is 10.5. The molecule has 0 unspecified atom stereocenters. The molecule has 0 saturated carbocycles. The van der Waals surface area contributed by atoms with Gasteiger partial charge in [-0.25, -0.2) is 4.39 Å². The van der Waals surface area contributed by atoms with Crippen molar-refractivity contribution in [2.24, 2.45) is 0 Å². The Hall–Kier alpha value is -1.99. The molecule has 106 valence electrons. The molecule has 0 saturated heterocycles. The molecule has 21 heavy (non-hydrogen) atoms. The number of nitrogens with two attached hydrogens (primary N) is 1. The number of benzene rings is 2. The van der Waals surface area contributed by atoms with Gasteiger partial charge in [0.2, 0.25) is 0 Å². The highest BCUT2D eigenvalue weighted by molar-refractivity contribution is 9.10. The molecule has 0 bridgehead atoms. The van der Waals surface area contributed by atoms with Gasteiger partial charge in [0.15, 0.2) is 5.82 Å². The Labute approximate surface area is 132 Å². The molecule has 1 aromatic heterocycles. The summed E-state index contributed by atoms with van der Waals surface area (Å²) in [5.41, 5.74) is 7.61. The Morgan fingerprint density at radius 2 is 2.00 bits per heavy atom. The Morgan fingerprint density at radius 3 is 2.71 bits per heavy atom. The van der Waals surface area contributed by atoms with E-state index in [2.05, 4.69) is 31.5 Å². The van der Waals surface area contributed by atoms with Gasteiger partial charge in [-0.1, -0.05) is 11.6 Å². The first kappa shape index (κ1) is 14.0. The van der Waals surface area contributed by atoms with Crippen molar-refractivity contribution in [1.29, 1.82) is 0 Å². The molecule has 2 N–H and O–H groups in total. The summed E-state index contributed by atoms with van der Waals surface area (Å²) < 4.78 is 15.8. The van der Waals surface area contributed by atoms with Crippen molar-refractivity contribution in [3.8, 4) is 17.1 Å². The Kier molecular flexibility index (Phi) is 3.60. The first-order valence-corrected chi connectivity index (χ1v) is 7.02. The summed E-state index contributed by atoms with van der Waals surface area (Å²) in [6.07, 6.45) is 0. The lowest BCUT2D eigenvalue weighted by Gasteiger charge is -2.06. The van der Waals surface area contributed by atoms with Crippen LogP contribution >= 0.6 is 27.5 Å². The van der Waals surface area contributed by atoms with Crippen molar-refractivity contribution in [2.75, 3.05) is 5.73 Å². The van der Waals surface area contributed by atoms with E-state index in [0.29, 0.717) is 17.2 Å². The fourth-order valence-corrected chi connectivity index (χ4v) is 2.20. The van der Waals surface area contributed by atoms with Crippen molar-refractivity contribution in [1.82, 2.24) is 20.2 Å². The van der Waals surface area contributed by atoms with Crippen LogP contribution in [0, 0.1) is 5.82 Å². The zero-order chi connectivity index (χ0) is 15.0. The second-order valence-electron chi connectivity index (χ2n) is 4.25. The van der Waals surface area contributed by atoms with Gasteiger partial charge in [0.1, 0.15) is 5.82 Å². The van der Waals surface area contributed by atoms with E-state index in [9.17, 15) is 4.39 Å². The Morgan fingerprint density at radius 1 is 1.19 bits per heavy atom. The number of tetrazole rings is 1.